The molecule has 1 saturated heterocycles. The van der Waals surface area contributed by atoms with Crippen molar-refractivity contribution in [2.45, 2.75) is 59.2 Å². The van der Waals surface area contributed by atoms with E-state index < -0.39 is 5.97 Å². The number of H-pyrrole nitrogens is 1. The van der Waals surface area contributed by atoms with E-state index in [0.29, 0.717) is 22.5 Å². The molecule has 7 nitrogen and oxygen atoms in total. The molecule has 1 aliphatic rings. The molecule has 1 aromatic carbocycles. The van der Waals surface area contributed by atoms with E-state index in [1.165, 1.54) is 5.56 Å². The van der Waals surface area contributed by atoms with Crippen molar-refractivity contribution in [3.63, 3.8) is 0 Å². The highest BCUT2D eigenvalue weighted by Gasteiger charge is 2.26. The first-order chi connectivity index (χ1) is 14.8. The van der Waals surface area contributed by atoms with Crippen molar-refractivity contribution in [2.24, 2.45) is 0 Å². The molecule has 0 saturated carbocycles. The van der Waals surface area contributed by atoms with Gasteiger partial charge in [-0.1, -0.05) is 12.1 Å². The van der Waals surface area contributed by atoms with Crippen molar-refractivity contribution in [3.05, 3.63) is 52.3 Å². The Kier molecular flexibility index (Phi) is 7.38. The number of likely N-dealkylation sites (tertiary alicyclic amines) is 1. The highest BCUT2D eigenvalue weighted by atomic mass is 16.5. The van der Waals surface area contributed by atoms with Crippen molar-refractivity contribution in [1.29, 1.82) is 0 Å². The predicted octanol–water partition coefficient (Wildman–Crippen LogP) is 3.60. The summed E-state index contributed by atoms with van der Waals surface area (Å²) in [4.78, 5) is 30.7. The van der Waals surface area contributed by atoms with Gasteiger partial charge in [-0.2, -0.15) is 0 Å². The maximum Gasteiger partial charge on any atom is 0.340 e. The zero-order valence-electron chi connectivity index (χ0n) is 19.1. The molecule has 0 aliphatic carbocycles. The van der Waals surface area contributed by atoms with Gasteiger partial charge < -0.3 is 19.8 Å². The van der Waals surface area contributed by atoms with E-state index in [1.54, 1.807) is 21.0 Å². The average Bonchev–Trinajstić information content (AvgIpc) is 3.03. The number of ether oxygens (including phenoxy) is 2. The fourth-order valence-electron chi connectivity index (χ4n) is 4.08. The predicted molar refractivity (Wildman–Crippen MR) is 120 cm³/mol. The number of nitrogens with one attached hydrogen (secondary N) is 2. The number of carbonyl (C=O) groups excluding carboxylic acids is 2. The van der Waals surface area contributed by atoms with Crippen LogP contribution in [0, 0.1) is 13.8 Å². The number of nitrogens with zero attached hydrogens (tertiary/aromatic N) is 1. The second kappa shape index (κ2) is 10.0. The molecule has 1 amide bonds. The van der Waals surface area contributed by atoms with Gasteiger partial charge in [-0.05, 0) is 63.8 Å². The Morgan fingerprint density at radius 2 is 1.94 bits per heavy atom. The molecule has 7 heteroatoms. The second-order valence-corrected chi connectivity index (χ2v) is 8.45. The summed E-state index contributed by atoms with van der Waals surface area (Å²) in [5.74, 6) is 0.300. The summed E-state index contributed by atoms with van der Waals surface area (Å²) in [5, 5.41) is 3.13. The fraction of sp³-hybridized carbons (Fsp3) is 0.500. The third kappa shape index (κ3) is 5.67. The van der Waals surface area contributed by atoms with Crippen molar-refractivity contribution >= 4 is 11.9 Å². The summed E-state index contributed by atoms with van der Waals surface area (Å²) < 4.78 is 10.6. The minimum Gasteiger partial charge on any atom is -0.497 e. The Morgan fingerprint density at radius 1 is 1.23 bits per heavy atom. The average molecular weight is 428 g/mol. The Bertz CT molecular complexity index is 927. The Labute approximate surface area is 184 Å². The number of esters is 1. The van der Waals surface area contributed by atoms with E-state index in [-0.39, 0.29) is 18.1 Å². The monoisotopic (exact) mass is 427 g/mol. The van der Waals surface area contributed by atoms with Crippen molar-refractivity contribution in [3.8, 4) is 5.75 Å². The molecule has 1 aromatic heterocycles. The van der Waals surface area contributed by atoms with Crippen LogP contribution in [0.15, 0.2) is 24.3 Å². The van der Waals surface area contributed by atoms with E-state index in [9.17, 15) is 9.59 Å². The van der Waals surface area contributed by atoms with E-state index in [1.807, 2.05) is 26.0 Å². The van der Waals surface area contributed by atoms with Crippen LogP contribution in [-0.2, 0) is 11.3 Å². The molecule has 3 rings (SSSR count). The lowest BCUT2D eigenvalue weighted by Crippen LogP contribution is -2.44. The maximum absolute atomic E-state index is 12.9. The molecule has 1 aliphatic heterocycles. The summed E-state index contributed by atoms with van der Waals surface area (Å²) in [6.45, 7) is 9.89. The van der Waals surface area contributed by atoms with Gasteiger partial charge in [0, 0.05) is 31.4 Å². The Morgan fingerprint density at radius 3 is 2.58 bits per heavy atom. The number of methoxy groups -OCH3 is 1. The lowest BCUT2D eigenvalue weighted by molar-refractivity contribution is 0.0376. The number of rotatable bonds is 7. The van der Waals surface area contributed by atoms with Gasteiger partial charge in [0.1, 0.15) is 11.4 Å². The topological polar surface area (TPSA) is 83.7 Å². The van der Waals surface area contributed by atoms with Gasteiger partial charge in [0.25, 0.3) is 5.91 Å². The SMILES string of the molecule is COc1cccc(CN2CCC(NC(=O)c3[nH]c(C)c(C(=O)OC(C)C)c3C)CC2)c1. The summed E-state index contributed by atoms with van der Waals surface area (Å²) in [6, 6.07) is 8.24. The molecule has 0 spiro atoms. The number of carbonyl (C=O) groups is 2. The molecule has 1 fully saturated rings. The lowest BCUT2D eigenvalue weighted by atomic mass is 10.0. The summed E-state index contributed by atoms with van der Waals surface area (Å²) in [5.41, 5.74) is 3.40. The molecule has 2 aromatic rings. The minimum absolute atomic E-state index is 0.114. The number of aromatic amines is 1. The lowest BCUT2D eigenvalue weighted by Gasteiger charge is -2.32. The van der Waals surface area contributed by atoms with E-state index in [2.05, 4.69) is 27.3 Å². The number of hydrogen-bond acceptors (Lipinski definition) is 5. The summed E-state index contributed by atoms with van der Waals surface area (Å²) in [7, 11) is 1.68. The third-order valence-electron chi connectivity index (χ3n) is 5.67. The molecular formula is C24H33N3O4. The van der Waals surface area contributed by atoms with Crippen LogP contribution < -0.4 is 10.1 Å². The highest BCUT2D eigenvalue weighted by molar-refractivity contribution is 6.00. The van der Waals surface area contributed by atoms with Gasteiger partial charge in [0.05, 0.1) is 18.8 Å². The summed E-state index contributed by atoms with van der Waals surface area (Å²) >= 11 is 0. The number of hydrogen-bond donors (Lipinski definition) is 2. The molecule has 0 radical (unpaired) electrons. The third-order valence-corrected chi connectivity index (χ3v) is 5.67. The smallest absolute Gasteiger partial charge is 0.340 e. The molecule has 2 heterocycles. The van der Waals surface area contributed by atoms with E-state index in [0.717, 1.165) is 38.2 Å². The fourth-order valence-corrected chi connectivity index (χ4v) is 4.08. The number of aryl methyl sites for hydroxylation is 1. The van der Waals surface area contributed by atoms with Crippen LogP contribution in [0.5, 0.6) is 5.75 Å². The van der Waals surface area contributed by atoms with Crippen LogP contribution in [0.4, 0.5) is 0 Å². The van der Waals surface area contributed by atoms with Crippen LogP contribution in [0.1, 0.15) is 64.4 Å². The van der Waals surface area contributed by atoms with Gasteiger partial charge in [-0.15, -0.1) is 0 Å². The van der Waals surface area contributed by atoms with Gasteiger partial charge in [-0.3, -0.25) is 9.69 Å². The largest absolute Gasteiger partial charge is 0.497 e. The van der Waals surface area contributed by atoms with Crippen molar-refractivity contribution < 1.29 is 19.1 Å². The van der Waals surface area contributed by atoms with Gasteiger partial charge in [0.2, 0.25) is 0 Å². The Balaban J connectivity index is 1.56. The molecule has 168 valence electrons. The highest BCUT2D eigenvalue weighted by Crippen LogP contribution is 2.21. The Hall–Kier alpha value is -2.80. The van der Waals surface area contributed by atoms with Gasteiger partial charge >= 0.3 is 5.97 Å². The molecule has 0 bridgehead atoms. The van der Waals surface area contributed by atoms with Gasteiger partial charge in [-0.25, -0.2) is 4.79 Å². The number of piperidine rings is 1. The molecule has 0 unspecified atom stereocenters. The van der Waals surface area contributed by atoms with Crippen LogP contribution in [0.3, 0.4) is 0 Å². The first kappa shape index (κ1) is 22.9. The maximum atomic E-state index is 12.9. The van der Waals surface area contributed by atoms with Crippen LogP contribution in [-0.4, -0.2) is 54.1 Å². The first-order valence-electron chi connectivity index (χ1n) is 10.8. The van der Waals surface area contributed by atoms with Crippen LogP contribution in [0.2, 0.25) is 0 Å². The van der Waals surface area contributed by atoms with Crippen molar-refractivity contribution in [1.82, 2.24) is 15.2 Å². The quantitative estimate of drug-likeness (QED) is 0.660. The molecule has 0 atom stereocenters. The minimum atomic E-state index is -0.397. The zero-order valence-corrected chi connectivity index (χ0v) is 19.1. The first-order valence-corrected chi connectivity index (χ1v) is 10.8. The van der Waals surface area contributed by atoms with Crippen LogP contribution in [0.25, 0.3) is 0 Å². The number of amides is 1. The van der Waals surface area contributed by atoms with Crippen molar-refractivity contribution in [2.75, 3.05) is 20.2 Å². The molecule has 2 N–H and O–H groups in total. The summed E-state index contributed by atoms with van der Waals surface area (Å²) in [6.07, 6.45) is 1.56. The standard InChI is InChI=1S/C24H33N3O4/c1-15(2)31-24(29)21-16(3)22(25-17(21)4)23(28)26-19-9-11-27(12-10-19)14-18-7-6-8-20(13-18)30-5/h6-8,13,15,19,25H,9-12,14H2,1-5H3,(H,26,28). The van der Waals surface area contributed by atoms with E-state index >= 15 is 0 Å². The zero-order chi connectivity index (χ0) is 22.5. The number of aromatic nitrogens is 1. The van der Waals surface area contributed by atoms with E-state index in [4.69, 9.17) is 9.47 Å². The normalized spacial score (nSPS) is 15.2. The van der Waals surface area contributed by atoms with Crippen LogP contribution >= 0.6 is 0 Å². The molecular weight excluding hydrogens is 394 g/mol. The second-order valence-electron chi connectivity index (χ2n) is 8.45. The molecule has 31 heavy (non-hydrogen) atoms. The number of benzene rings is 1. The van der Waals surface area contributed by atoms with Gasteiger partial charge in [0.15, 0.2) is 0 Å².